The van der Waals surface area contributed by atoms with Gasteiger partial charge in [0.05, 0.1) is 24.2 Å². The van der Waals surface area contributed by atoms with Gasteiger partial charge in [0.15, 0.2) is 17.0 Å². The van der Waals surface area contributed by atoms with Gasteiger partial charge in [-0.3, -0.25) is 14.2 Å². The number of piperazine rings is 1. The number of amides is 2. The molecular weight excluding hydrogens is 510 g/mol. The number of para-hydroxylation sites is 2. The molecule has 2 saturated heterocycles. The molecule has 208 valence electrons. The van der Waals surface area contributed by atoms with Gasteiger partial charge in [-0.05, 0) is 25.0 Å². The van der Waals surface area contributed by atoms with Crippen molar-refractivity contribution >= 4 is 39.8 Å². The fourth-order valence-corrected chi connectivity index (χ4v) is 5.72. The first-order chi connectivity index (χ1) is 19.5. The summed E-state index contributed by atoms with van der Waals surface area (Å²) in [6.45, 7) is 6.71. The third kappa shape index (κ3) is 4.17. The van der Waals surface area contributed by atoms with Crippen molar-refractivity contribution in [1.82, 2.24) is 38.9 Å². The Morgan fingerprint density at radius 1 is 0.925 bits per heavy atom. The molecule has 5 heterocycles. The zero-order chi connectivity index (χ0) is 27.4. The highest BCUT2D eigenvalue weighted by atomic mass is 16.5. The number of rotatable bonds is 5. The molecule has 3 aromatic heterocycles. The van der Waals surface area contributed by atoms with Crippen LogP contribution in [0.15, 0.2) is 24.3 Å². The maximum atomic E-state index is 13.7. The largest absolute Gasteiger partial charge is 0.378 e. The van der Waals surface area contributed by atoms with Gasteiger partial charge in [-0.2, -0.15) is 9.97 Å². The quantitative estimate of drug-likeness (QED) is 0.374. The van der Waals surface area contributed by atoms with E-state index < -0.39 is 0 Å². The van der Waals surface area contributed by atoms with Gasteiger partial charge in [0, 0.05) is 58.7 Å². The highest BCUT2D eigenvalue weighted by molar-refractivity contribution is 5.97. The van der Waals surface area contributed by atoms with Crippen LogP contribution >= 0.6 is 0 Å². The number of hydrogen-bond donors (Lipinski definition) is 0. The molecule has 12 heteroatoms. The lowest BCUT2D eigenvalue weighted by Gasteiger charge is -2.34. The number of nitrogens with zero attached hydrogens (tertiary/aromatic N) is 9. The Kier molecular flexibility index (Phi) is 6.14. The Balaban J connectivity index is 1.29. The maximum absolute atomic E-state index is 13.7. The van der Waals surface area contributed by atoms with Crippen molar-refractivity contribution in [2.75, 3.05) is 57.4 Å². The lowest BCUT2D eigenvalue weighted by molar-refractivity contribution is -0.134. The van der Waals surface area contributed by atoms with Crippen LogP contribution in [-0.2, 0) is 23.0 Å². The van der Waals surface area contributed by atoms with Gasteiger partial charge in [-0.15, -0.1) is 0 Å². The maximum Gasteiger partial charge on any atom is 0.290 e. The van der Waals surface area contributed by atoms with Crippen molar-refractivity contribution in [2.24, 2.45) is 13.0 Å². The van der Waals surface area contributed by atoms with E-state index in [1.165, 1.54) is 0 Å². The number of carbonyl (C=O) groups is 2. The molecule has 4 aromatic rings. The molecule has 7 rings (SSSR count). The summed E-state index contributed by atoms with van der Waals surface area (Å²) in [5.41, 5.74) is 3.01. The van der Waals surface area contributed by atoms with Gasteiger partial charge in [0.1, 0.15) is 5.82 Å². The zero-order valence-corrected chi connectivity index (χ0v) is 22.9. The van der Waals surface area contributed by atoms with E-state index in [0.717, 1.165) is 29.7 Å². The number of fused-ring (bicyclic) bond motifs is 2. The number of morpholine rings is 1. The average Bonchev–Trinajstić information content (AvgIpc) is 3.71. The van der Waals surface area contributed by atoms with E-state index in [0.29, 0.717) is 87.7 Å². The van der Waals surface area contributed by atoms with E-state index in [2.05, 4.69) is 11.8 Å². The van der Waals surface area contributed by atoms with Crippen LogP contribution in [0.4, 0.5) is 5.82 Å². The van der Waals surface area contributed by atoms with E-state index in [1.54, 1.807) is 9.47 Å². The fraction of sp³-hybridized carbons (Fsp3) is 0.500. The topological polar surface area (TPSA) is 115 Å². The van der Waals surface area contributed by atoms with Crippen molar-refractivity contribution < 1.29 is 14.3 Å². The molecule has 2 amide bonds. The van der Waals surface area contributed by atoms with Crippen LogP contribution in [0.3, 0.4) is 0 Å². The van der Waals surface area contributed by atoms with Gasteiger partial charge < -0.3 is 24.0 Å². The zero-order valence-electron chi connectivity index (χ0n) is 22.9. The minimum absolute atomic E-state index is 0.157. The van der Waals surface area contributed by atoms with Crippen molar-refractivity contribution in [2.45, 2.75) is 26.2 Å². The summed E-state index contributed by atoms with van der Waals surface area (Å²) in [4.78, 5) is 51.7. The first-order valence-electron chi connectivity index (χ1n) is 14.2. The van der Waals surface area contributed by atoms with Gasteiger partial charge in [0.25, 0.3) is 5.91 Å². The molecule has 1 aromatic carbocycles. The summed E-state index contributed by atoms with van der Waals surface area (Å²) in [6, 6.07) is 7.98. The molecule has 3 aliphatic rings. The molecule has 0 atom stereocenters. The molecule has 2 aliphatic heterocycles. The van der Waals surface area contributed by atoms with E-state index >= 15 is 0 Å². The van der Waals surface area contributed by atoms with Crippen LogP contribution in [0.5, 0.6) is 0 Å². The Morgan fingerprint density at radius 2 is 1.65 bits per heavy atom. The normalized spacial score (nSPS) is 18.2. The summed E-state index contributed by atoms with van der Waals surface area (Å²) in [6.07, 6.45) is 2.69. The third-order valence-electron chi connectivity index (χ3n) is 8.14. The summed E-state index contributed by atoms with van der Waals surface area (Å²) in [5.74, 6) is 2.65. The van der Waals surface area contributed by atoms with Crippen LogP contribution in [0.2, 0.25) is 0 Å². The van der Waals surface area contributed by atoms with Crippen LogP contribution < -0.4 is 4.90 Å². The first kappa shape index (κ1) is 24.9. The van der Waals surface area contributed by atoms with Crippen molar-refractivity contribution in [3.63, 3.8) is 0 Å². The Bertz CT molecular complexity index is 1610. The number of carbonyl (C=O) groups excluding carboxylic acids is 2. The van der Waals surface area contributed by atoms with Crippen LogP contribution in [0.25, 0.3) is 28.1 Å². The van der Waals surface area contributed by atoms with Gasteiger partial charge in [0.2, 0.25) is 17.7 Å². The molecule has 0 N–H and O–H groups in total. The van der Waals surface area contributed by atoms with E-state index in [9.17, 15) is 9.59 Å². The number of hydrogen-bond acceptors (Lipinski definition) is 8. The average molecular weight is 544 g/mol. The molecule has 0 unspecified atom stereocenters. The Morgan fingerprint density at radius 3 is 2.38 bits per heavy atom. The number of aryl methyl sites for hydroxylation is 2. The number of imidazole rings is 2. The lowest BCUT2D eigenvalue weighted by Crippen LogP contribution is -2.51. The fourth-order valence-electron chi connectivity index (χ4n) is 5.72. The predicted molar refractivity (Wildman–Crippen MR) is 149 cm³/mol. The Hall–Kier alpha value is -4.06. The van der Waals surface area contributed by atoms with Crippen LogP contribution in [0.1, 0.15) is 36.2 Å². The first-order valence-corrected chi connectivity index (χ1v) is 14.2. The third-order valence-corrected chi connectivity index (χ3v) is 8.14. The molecule has 1 saturated carbocycles. The second kappa shape index (κ2) is 9.84. The standard InChI is InChI=1S/C28H33N9O3/c1-3-21-29-19-6-4-5-7-20(19)37(21)28-31-23-22(24(32-28)34-14-16-40-17-15-34)30-25(33(23)2)27(39)36-12-10-35(11-13-36)26(38)18-8-9-18/h4-7,18H,3,8-17H2,1-2H3. The second-order valence-electron chi connectivity index (χ2n) is 10.7. The summed E-state index contributed by atoms with van der Waals surface area (Å²) in [5, 5.41) is 0. The number of ether oxygens (including phenoxy) is 1. The van der Waals surface area contributed by atoms with Gasteiger partial charge in [-0.1, -0.05) is 19.1 Å². The van der Waals surface area contributed by atoms with Gasteiger partial charge in [-0.25, -0.2) is 9.97 Å². The minimum atomic E-state index is -0.157. The summed E-state index contributed by atoms with van der Waals surface area (Å²) < 4.78 is 9.39. The minimum Gasteiger partial charge on any atom is -0.378 e. The molecule has 0 radical (unpaired) electrons. The number of aromatic nitrogens is 6. The van der Waals surface area contributed by atoms with E-state index in [-0.39, 0.29) is 17.7 Å². The molecule has 0 spiro atoms. The van der Waals surface area contributed by atoms with Crippen molar-refractivity contribution in [1.29, 1.82) is 0 Å². The second-order valence-corrected chi connectivity index (χ2v) is 10.7. The van der Waals surface area contributed by atoms with Crippen LogP contribution in [0, 0.1) is 5.92 Å². The molecule has 12 nitrogen and oxygen atoms in total. The van der Waals surface area contributed by atoms with E-state index in [1.807, 2.05) is 40.8 Å². The molecule has 1 aliphatic carbocycles. The molecule has 0 bridgehead atoms. The molecular formula is C28H33N9O3. The van der Waals surface area contributed by atoms with Crippen molar-refractivity contribution in [3.8, 4) is 5.95 Å². The summed E-state index contributed by atoms with van der Waals surface area (Å²) in [7, 11) is 1.84. The number of benzene rings is 1. The SMILES string of the molecule is CCc1nc2ccccc2n1-c1nc(N2CCOCC2)c2nc(C(=O)N3CCN(C(=O)C4CC4)CC3)n(C)c2n1. The van der Waals surface area contributed by atoms with Crippen molar-refractivity contribution in [3.05, 3.63) is 35.9 Å². The predicted octanol–water partition coefficient (Wildman–Crippen LogP) is 1.80. The highest BCUT2D eigenvalue weighted by Crippen LogP contribution is 2.32. The van der Waals surface area contributed by atoms with Crippen LogP contribution in [-0.4, -0.2) is 103 Å². The van der Waals surface area contributed by atoms with Gasteiger partial charge >= 0.3 is 0 Å². The monoisotopic (exact) mass is 543 g/mol. The van der Waals surface area contributed by atoms with E-state index in [4.69, 9.17) is 24.7 Å². The smallest absolute Gasteiger partial charge is 0.290 e. The lowest BCUT2D eigenvalue weighted by atomic mass is 10.2. The highest BCUT2D eigenvalue weighted by Gasteiger charge is 2.36. The summed E-state index contributed by atoms with van der Waals surface area (Å²) >= 11 is 0. The Labute approximate surface area is 231 Å². The molecule has 3 fully saturated rings. The molecule has 40 heavy (non-hydrogen) atoms. The number of anilines is 1.